The van der Waals surface area contributed by atoms with Gasteiger partial charge in [0.25, 0.3) is 0 Å². The molecule has 28 heavy (non-hydrogen) atoms. The Morgan fingerprint density at radius 1 is 0.500 bits per heavy atom. The Labute approximate surface area is 165 Å². The maximum atomic E-state index is 2.30. The zero-order valence-corrected chi connectivity index (χ0v) is 15.8. The Morgan fingerprint density at radius 2 is 1.18 bits per heavy atom. The van der Waals surface area contributed by atoms with Crippen molar-refractivity contribution in [1.29, 1.82) is 0 Å². The number of hydrogen-bond acceptors (Lipinski definition) is 1. The van der Waals surface area contributed by atoms with Crippen LogP contribution in [0.5, 0.6) is 0 Å². The Hall–Kier alpha value is -3.58. The number of nitrogens with zero attached hydrogens (tertiary/aromatic N) is 1. The first-order valence-corrected chi connectivity index (χ1v) is 9.60. The van der Waals surface area contributed by atoms with E-state index in [-0.39, 0.29) is 0 Å². The summed E-state index contributed by atoms with van der Waals surface area (Å²) in [5.74, 6) is 0. The zero-order valence-electron chi connectivity index (χ0n) is 15.8. The van der Waals surface area contributed by atoms with Gasteiger partial charge in [0.2, 0.25) is 0 Å². The Morgan fingerprint density at radius 3 is 2.00 bits per heavy atom. The van der Waals surface area contributed by atoms with E-state index in [1.807, 2.05) is 0 Å². The third-order valence-corrected chi connectivity index (χ3v) is 5.43. The Bertz CT molecular complexity index is 1270. The summed E-state index contributed by atoms with van der Waals surface area (Å²) in [5, 5.41) is 5.04. The zero-order chi connectivity index (χ0) is 18.9. The summed E-state index contributed by atoms with van der Waals surface area (Å²) in [5.41, 5.74) is 4.88. The molecule has 0 amide bonds. The summed E-state index contributed by atoms with van der Waals surface area (Å²) in [6.45, 7) is 0. The lowest BCUT2D eigenvalue weighted by molar-refractivity contribution is 1.23. The summed E-state index contributed by atoms with van der Waals surface area (Å²) >= 11 is 0. The van der Waals surface area contributed by atoms with Crippen LogP contribution in [0.2, 0.25) is 0 Å². The smallest absolute Gasteiger partial charge is 0.0494 e. The molecule has 0 fully saturated rings. The highest BCUT2D eigenvalue weighted by Crippen LogP contribution is 2.36. The van der Waals surface area contributed by atoms with Crippen molar-refractivity contribution in [1.82, 2.24) is 0 Å². The molecule has 0 unspecified atom stereocenters. The Balaban J connectivity index is 1.69. The average molecular weight is 359 g/mol. The van der Waals surface area contributed by atoms with Gasteiger partial charge in [0.05, 0.1) is 0 Å². The summed E-state index contributed by atoms with van der Waals surface area (Å²) in [6.07, 6.45) is 0. The average Bonchev–Trinajstić information content (AvgIpc) is 2.78. The molecule has 0 heterocycles. The van der Waals surface area contributed by atoms with Crippen LogP contribution >= 0.6 is 0 Å². The van der Waals surface area contributed by atoms with Crippen LogP contribution in [0.25, 0.3) is 32.7 Å². The quantitative estimate of drug-likeness (QED) is 0.324. The second-order valence-electron chi connectivity index (χ2n) is 7.17. The lowest BCUT2D eigenvalue weighted by atomic mass is 9.99. The van der Waals surface area contributed by atoms with Crippen LogP contribution in [0, 0.1) is 0 Å². The minimum absolute atomic E-state index is 1.19. The van der Waals surface area contributed by atoms with Gasteiger partial charge in [0, 0.05) is 23.8 Å². The number of fused-ring (bicyclic) bond motifs is 2. The van der Waals surface area contributed by atoms with Crippen molar-refractivity contribution in [3.05, 3.63) is 109 Å². The fourth-order valence-electron chi connectivity index (χ4n) is 3.89. The molecule has 0 saturated heterocycles. The van der Waals surface area contributed by atoms with Gasteiger partial charge < -0.3 is 4.90 Å². The molecule has 1 heteroatoms. The van der Waals surface area contributed by atoms with E-state index in [0.29, 0.717) is 0 Å². The van der Waals surface area contributed by atoms with Crippen molar-refractivity contribution >= 4 is 32.9 Å². The van der Waals surface area contributed by atoms with E-state index < -0.39 is 0 Å². The van der Waals surface area contributed by atoms with E-state index in [0.717, 1.165) is 0 Å². The molecule has 0 saturated carbocycles. The summed E-state index contributed by atoms with van der Waals surface area (Å²) in [4.78, 5) is 2.29. The predicted octanol–water partition coefficient (Wildman–Crippen LogP) is 7.43. The van der Waals surface area contributed by atoms with Crippen molar-refractivity contribution in [2.45, 2.75) is 0 Å². The molecule has 0 aliphatic carbocycles. The first-order valence-electron chi connectivity index (χ1n) is 9.60. The third kappa shape index (κ3) is 2.91. The van der Waals surface area contributed by atoms with E-state index in [9.17, 15) is 0 Å². The highest BCUT2D eigenvalue weighted by molar-refractivity contribution is 6.00. The van der Waals surface area contributed by atoms with Crippen LogP contribution in [0.1, 0.15) is 0 Å². The van der Waals surface area contributed by atoms with E-state index >= 15 is 0 Å². The first-order chi connectivity index (χ1) is 13.8. The molecule has 0 atom stereocenters. The van der Waals surface area contributed by atoms with Gasteiger partial charge in [0.15, 0.2) is 0 Å². The number of rotatable bonds is 3. The van der Waals surface area contributed by atoms with Gasteiger partial charge in [-0.15, -0.1) is 0 Å². The maximum absolute atomic E-state index is 2.30. The van der Waals surface area contributed by atoms with Crippen molar-refractivity contribution < 1.29 is 0 Å². The second-order valence-corrected chi connectivity index (χ2v) is 7.17. The molecule has 0 radical (unpaired) electrons. The molecule has 0 aliphatic heterocycles. The van der Waals surface area contributed by atoms with Crippen LogP contribution in [-0.2, 0) is 0 Å². The topological polar surface area (TPSA) is 3.24 Å². The normalized spacial score (nSPS) is 11.0. The second kappa shape index (κ2) is 6.86. The Kier molecular flexibility index (Phi) is 4.06. The molecular weight excluding hydrogens is 338 g/mol. The molecule has 5 aromatic carbocycles. The van der Waals surface area contributed by atoms with Crippen LogP contribution in [0.4, 0.5) is 11.4 Å². The largest absolute Gasteiger partial charge is 0.344 e. The predicted molar refractivity (Wildman–Crippen MR) is 121 cm³/mol. The van der Waals surface area contributed by atoms with Crippen molar-refractivity contribution in [3.63, 3.8) is 0 Å². The van der Waals surface area contributed by atoms with E-state index in [1.54, 1.807) is 0 Å². The van der Waals surface area contributed by atoms with Crippen LogP contribution < -0.4 is 4.90 Å². The van der Waals surface area contributed by atoms with Gasteiger partial charge in [-0.3, -0.25) is 0 Å². The third-order valence-electron chi connectivity index (χ3n) is 5.43. The monoisotopic (exact) mass is 359 g/mol. The standard InChI is InChI=1S/C27H21N/c1-28(25-16-15-21-11-5-6-12-22(21)18-25)27-19-24(20-9-3-2-4-10-20)17-23-13-7-8-14-26(23)27/h2-19H,1H3. The van der Waals surface area contributed by atoms with Crippen molar-refractivity contribution in [2.24, 2.45) is 0 Å². The highest BCUT2D eigenvalue weighted by atomic mass is 15.1. The van der Waals surface area contributed by atoms with Gasteiger partial charge in [-0.25, -0.2) is 0 Å². The van der Waals surface area contributed by atoms with Gasteiger partial charge >= 0.3 is 0 Å². The van der Waals surface area contributed by atoms with E-state index in [2.05, 4.69) is 121 Å². The van der Waals surface area contributed by atoms with Gasteiger partial charge in [0.1, 0.15) is 0 Å². The molecule has 5 rings (SSSR count). The summed E-state index contributed by atoms with van der Waals surface area (Å²) in [6, 6.07) is 39.0. The number of benzene rings is 5. The molecule has 5 aromatic rings. The summed E-state index contributed by atoms with van der Waals surface area (Å²) < 4.78 is 0. The summed E-state index contributed by atoms with van der Waals surface area (Å²) in [7, 11) is 2.15. The molecule has 0 aliphatic rings. The van der Waals surface area contributed by atoms with Crippen LogP contribution in [-0.4, -0.2) is 7.05 Å². The molecule has 0 aromatic heterocycles. The van der Waals surface area contributed by atoms with Crippen LogP contribution in [0.3, 0.4) is 0 Å². The lowest BCUT2D eigenvalue weighted by Crippen LogP contribution is -2.10. The molecule has 0 spiro atoms. The van der Waals surface area contributed by atoms with E-state index in [4.69, 9.17) is 0 Å². The molecule has 0 N–H and O–H groups in total. The van der Waals surface area contributed by atoms with Gasteiger partial charge in [-0.1, -0.05) is 84.9 Å². The fraction of sp³-hybridized carbons (Fsp3) is 0.0370. The SMILES string of the molecule is CN(c1ccc2ccccc2c1)c1cc(-c2ccccc2)cc2ccccc12. The van der Waals surface area contributed by atoms with Gasteiger partial charge in [-0.05, 0) is 51.6 Å². The lowest BCUT2D eigenvalue weighted by Gasteiger charge is -2.23. The van der Waals surface area contributed by atoms with Crippen molar-refractivity contribution in [3.8, 4) is 11.1 Å². The number of hydrogen-bond donors (Lipinski definition) is 0. The van der Waals surface area contributed by atoms with Crippen molar-refractivity contribution in [2.75, 3.05) is 11.9 Å². The molecule has 134 valence electrons. The van der Waals surface area contributed by atoms with E-state index in [1.165, 1.54) is 44.0 Å². The minimum Gasteiger partial charge on any atom is -0.344 e. The molecular formula is C27H21N. The van der Waals surface area contributed by atoms with Gasteiger partial charge in [-0.2, -0.15) is 0 Å². The maximum Gasteiger partial charge on any atom is 0.0494 e. The minimum atomic E-state index is 1.19. The molecule has 1 nitrogen and oxygen atoms in total. The van der Waals surface area contributed by atoms with Crippen LogP contribution in [0.15, 0.2) is 109 Å². The molecule has 0 bridgehead atoms. The highest BCUT2D eigenvalue weighted by Gasteiger charge is 2.11. The first kappa shape index (κ1) is 16.6. The number of anilines is 2. The fourth-order valence-corrected chi connectivity index (χ4v) is 3.89.